The van der Waals surface area contributed by atoms with Crippen LogP contribution in [0.3, 0.4) is 0 Å². The highest BCUT2D eigenvalue weighted by Gasteiger charge is 2.15. The first-order chi connectivity index (χ1) is 7.74. The Bertz CT molecular complexity index is 360. The number of aromatic nitrogens is 2. The number of H-pyrrole nitrogens is 1. The molecule has 2 heterocycles. The molecule has 0 aromatic carbocycles. The number of rotatable bonds is 3. The van der Waals surface area contributed by atoms with E-state index in [0.29, 0.717) is 6.42 Å². The lowest BCUT2D eigenvalue weighted by Gasteiger charge is -2.23. The highest BCUT2D eigenvalue weighted by Crippen LogP contribution is 2.03. The van der Waals surface area contributed by atoms with Gasteiger partial charge in [-0.3, -0.25) is 9.89 Å². The third-order valence-corrected chi connectivity index (χ3v) is 2.76. The van der Waals surface area contributed by atoms with Gasteiger partial charge in [0.15, 0.2) is 0 Å². The van der Waals surface area contributed by atoms with Crippen molar-refractivity contribution in [3.05, 3.63) is 17.5 Å². The zero-order valence-electron chi connectivity index (χ0n) is 9.95. The number of amides is 1. The Morgan fingerprint density at radius 2 is 2.47 bits per heavy atom. The van der Waals surface area contributed by atoms with E-state index < -0.39 is 0 Å². The summed E-state index contributed by atoms with van der Waals surface area (Å²) in [5.74, 6) is 0.0557. The van der Waals surface area contributed by atoms with E-state index in [2.05, 4.69) is 20.8 Å². The molecule has 6 heteroatoms. The van der Waals surface area contributed by atoms with E-state index >= 15 is 0 Å². The molecule has 1 aliphatic rings. The van der Waals surface area contributed by atoms with Crippen LogP contribution in [-0.2, 0) is 11.2 Å². The highest BCUT2D eigenvalue weighted by molar-refractivity contribution is 5.85. The van der Waals surface area contributed by atoms with Crippen LogP contribution in [-0.4, -0.2) is 35.2 Å². The summed E-state index contributed by atoms with van der Waals surface area (Å²) < 4.78 is 0. The number of aromatic amines is 1. The number of hydrogen-bond acceptors (Lipinski definition) is 3. The fourth-order valence-electron chi connectivity index (χ4n) is 1.98. The van der Waals surface area contributed by atoms with Gasteiger partial charge in [-0.25, -0.2) is 0 Å². The van der Waals surface area contributed by atoms with Gasteiger partial charge in [0.25, 0.3) is 0 Å². The molecule has 0 unspecified atom stereocenters. The summed E-state index contributed by atoms with van der Waals surface area (Å²) in [6.07, 6.45) is 2.56. The van der Waals surface area contributed by atoms with E-state index in [0.717, 1.165) is 37.3 Å². The van der Waals surface area contributed by atoms with Crippen LogP contribution in [0.5, 0.6) is 0 Å². The third-order valence-electron chi connectivity index (χ3n) is 2.76. The molecule has 5 nitrogen and oxygen atoms in total. The SMILES string of the molecule is Cc1cc(CC(=O)N[C@H]2CCCNC2)n[nH]1.Cl. The van der Waals surface area contributed by atoms with Gasteiger partial charge in [0.05, 0.1) is 12.1 Å². The number of hydrogen-bond donors (Lipinski definition) is 3. The first-order valence-corrected chi connectivity index (χ1v) is 5.75. The summed E-state index contributed by atoms with van der Waals surface area (Å²) in [7, 11) is 0. The zero-order chi connectivity index (χ0) is 11.4. The van der Waals surface area contributed by atoms with Crippen molar-refractivity contribution in [3.8, 4) is 0 Å². The zero-order valence-corrected chi connectivity index (χ0v) is 10.8. The second-order valence-electron chi connectivity index (χ2n) is 4.33. The number of nitrogens with zero attached hydrogens (tertiary/aromatic N) is 1. The van der Waals surface area contributed by atoms with E-state index in [1.165, 1.54) is 0 Å². The van der Waals surface area contributed by atoms with Gasteiger partial charge in [-0.1, -0.05) is 0 Å². The number of aryl methyl sites for hydroxylation is 1. The molecule has 1 aromatic heterocycles. The van der Waals surface area contributed by atoms with Gasteiger partial charge in [0.1, 0.15) is 0 Å². The van der Waals surface area contributed by atoms with Gasteiger partial charge >= 0.3 is 0 Å². The second kappa shape index (κ2) is 6.61. The maximum absolute atomic E-state index is 11.7. The molecule has 0 saturated carbocycles. The summed E-state index contributed by atoms with van der Waals surface area (Å²) >= 11 is 0. The third kappa shape index (κ3) is 4.36. The van der Waals surface area contributed by atoms with Crippen molar-refractivity contribution in [2.45, 2.75) is 32.2 Å². The minimum absolute atomic E-state index is 0. The number of carbonyl (C=O) groups is 1. The van der Waals surface area contributed by atoms with Gasteiger partial charge in [0, 0.05) is 18.3 Å². The number of carbonyl (C=O) groups excluding carboxylic acids is 1. The van der Waals surface area contributed by atoms with Gasteiger partial charge in [-0.2, -0.15) is 5.10 Å². The lowest BCUT2D eigenvalue weighted by molar-refractivity contribution is -0.121. The van der Waals surface area contributed by atoms with E-state index in [9.17, 15) is 4.79 Å². The Hall–Kier alpha value is -1.07. The minimum atomic E-state index is 0. The van der Waals surface area contributed by atoms with Crippen LogP contribution >= 0.6 is 12.4 Å². The molecule has 2 rings (SSSR count). The first-order valence-electron chi connectivity index (χ1n) is 5.75. The standard InChI is InChI=1S/C11H18N4O.ClH/c1-8-5-10(15-14-8)6-11(16)13-9-3-2-4-12-7-9;/h5,9,12H,2-4,6-7H2,1H3,(H,13,16)(H,14,15);1H/t9-;/m0./s1. The van der Waals surface area contributed by atoms with Crippen molar-refractivity contribution in [1.29, 1.82) is 0 Å². The smallest absolute Gasteiger partial charge is 0.226 e. The summed E-state index contributed by atoms with van der Waals surface area (Å²) in [4.78, 5) is 11.7. The Kier molecular flexibility index (Phi) is 5.44. The van der Waals surface area contributed by atoms with E-state index in [4.69, 9.17) is 0 Å². The molecule has 96 valence electrons. The molecule has 1 atom stereocenters. The average Bonchev–Trinajstić information content (AvgIpc) is 2.65. The predicted molar refractivity (Wildman–Crippen MR) is 68.3 cm³/mol. The van der Waals surface area contributed by atoms with Crippen LogP contribution < -0.4 is 10.6 Å². The van der Waals surface area contributed by atoms with Crippen molar-refractivity contribution in [1.82, 2.24) is 20.8 Å². The molecule has 1 aliphatic heterocycles. The molecular formula is C11H19ClN4O. The lowest BCUT2D eigenvalue weighted by atomic mass is 10.1. The average molecular weight is 259 g/mol. The molecule has 1 amide bonds. The van der Waals surface area contributed by atoms with E-state index in [-0.39, 0.29) is 24.4 Å². The molecule has 0 aliphatic carbocycles. The van der Waals surface area contributed by atoms with Crippen LogP contribution in [0.4, 0.5) is 0 Å². The Labute approximate surface area is 107 Å². The quantitative estimate of drug-likeness (QED) is 0.742. The molecule has 3 N–H and O–H groups in total. The summed E-state index contributed by atoms with van der Waals surface area (Å²) in [6, 6.07) is 2.18. The largest absolute Gasteiger partial charge is 0.352 e. The summed E-state index contributed by atoms with van der Waals surface area (Å²) in [6.45, 7) is 3.87. The van der Waals surface area contributed by atoms with Crippen molar-refractivity contribution in [3.63, 3.8) is 0 Å². The van der Waals surface area contributed by atoms with E-state index in [1.807, 2.05) is 13.0 Å². The maximum Gasteiger partial charge on any atom is 0.226 e. The van der Waals surface area contributed by atoms with Crippen molar-refractivity contribution in [2.24, 2.45) is 0 Å². The molecule has 1 saturated heterocycles. The molecule has 0 bridgehead atoms. The minimum Gasteiger partial charge on any atom is -0.352 e. The van der Waals surface area contributed by atoms with Crippen molar-refractivity contribution >= 4 is 18.3 Å². The fraction of sp³-hybridized carbons (Fsp3) is 0.636. The lowest BCUT2D eigenvalue weighted by Crippen LogP contribution is -2.46. The van der Waals surface area contributed by atoms with Gasteiger partial charge in [-0.15, -0.1) is 12.4 Å². The van der Waals surface area contributed by atoms with Crippen LogP contribution in [0, 0.1) is 6.92 Å². The molecular weight excluding hydrogens is 240 g/mol. The van der Waals surface area contributed by atoms with Crippen molar-refractivity contribution < 1.29 is 4.79 Å². The number of piperidine rings is 1. The summed E-state index contributed by atoms with van der Waals surface area (Å²) in [5, 5.41) is 13.2. The second-order valence-corrected chi connectivity index (χ2v) is 4.33. The Morgan fingerprint density at radius 3 is 3.06 bits per heavy atom. The number of halogens is 1. The van der Waals surface area contributed by atoms with Gasteiger partial charge in [0.2, 0.25) is 5.91 Å². The maximum atomic E-state index is 11.7. The molecule has 0 spiro atoms. The van der Waals surface area contributed by atoms with Gasteiger partial charge < -0.3 is 10.6 Å². The first kappa shape index (κ1) is 14.0. The predicted octanol–water partition coefficient (Wildman–Crippen LogP) is 0.551. The topological polar surface area (TPSA) is 69.8 Å². The highest BCUT2D eigenvalue weighted by atomic mass is 35.5. The van der Waals surface area contributed by atoms with Crippen molar-refractivity contribution in [2.75, 3.05) is 13.1 Å². The van der Waals surface area contributed by atoms with Crippen LogP contribution in [0.1, 0.15) is 24.2 Å². The fourth-order valence-corrected chi connectivity index (χ4v) is 1.98. The molecule has 17 heavy (non-hydrogen) atoms. The van der Waals surface area contributed by atoms with Crippen LogP contribution in [0.15, 0.2) is 6.07 Å². The Balaban J connectivity index is 0.00000144. The van der Waals surface area contributed by atoms with E-state index in [1.54, 1.807) is 0 Å². The van der Waals surface area contributed by atoms with Gasteiger partial charge in [-0.05, 0) is 32.4 Å². The van der Waals surface area contributed by atoms with Crippen LogP contribution in [0.2, 0.25) is 0 Å². The summed E-state index contributed by atoms with van der Waals surface area (Å²) in [5.41, 5.74) is 1.79. The number of nitrogens with one attached hydrogen (secondary N) is 3. The monoisotopic (exact) mass is 258 g/mol. The molecule has 1 fully saturated rings. The Morgan fingerprint density at radius 1 is 1.65 bits per heavy atom. The normalized spacial score (nSPS) is 19.5. The molecule has 1 aromatic rings. The van der Waals surface area contributed by atoms with Crippen LogP contribution in [0.25, 0.3) is 0 Å². The molecule has 0 radical (unpaired) electrons.